The lowest BCUT2D eigenvalue weighted by molar-refractivity contribution is -0.145. The molecule has 1 aliphatic heterocycles. The lowest BCUT2D eigenvalue weighted by atomic mass is 9.84. The van der Waals surface area contributed by atoms with Crippen molar-refractivity contribution in [1.29, 1.82) is 0 Å². The van der Waals surface area contributed by atoms with Crippen molar-refractivity contribution in [1.82, 2.24) is 10.2 Å². The maximum absolute atomic E-state index is 13.0. The fourth-order valence-electron chi connectivity index (χ4n) is 3.67. The van der Waals surface area contributed by atoms with Crippen LogP contribution < -0.4 is 11.1 Å². The second-order valence-electron chi connectivity index (χ2n) is 6.88. The zero-order valence-electron chi connectivity index (χ0n) is 13.7. The zero-order chi connectivity index (χ0) is 17.1. The van der Waals surface area contributed by atoms with Gasteiger partial charge in [0.05, 0.1) is 6.54 Å². The van der Waals surface area contributed by atoms with Gasteiger partial charge in [-0.05, 0) is 36.5 Å². The minimum Gasteiger partial charge on any atom is -0.342 e. The van der Waals surface area contributed by atoms with E-state index in [9.17, 15) is 14.0 Å². The quantitative estimate of drug-likeness (QED) is 0.870. The number of benzene rings is 1. The fourth-order valence-corrected chi connectivity index (χ4v) is 3.67. The summed E-state index contributed by atoms with van der Waals surface area (Å²) in [5, 5.41) is 2.75. The molecule has 2 amide bonds. The predicted octanol–water partition coefficient (Wildman–Crippen LogP) is 1.21. The van der Waals surface area contributed by atoms with Gasteiger partial charge in [-0.1, -0.05) is 25.0 Å². The van der Waals surface area contributed by atoms with Crippen LogP contribution >= 0.6 is 0 Å². The van der Waals surface area contributed by atoms with Crippen LogP contribution in [-0.4, -0.2) is 41.9 Å². The molecule has 3 rings (SSSR count). The van der Waals surface area contributed by atoms with Gasteiger partial charge < -0.3 is 16.0 Å². The van der Waals surface area contributed by atoms with Crippen molar-refractivity contribution in [2.45, 2.75) is 44.2 Å². The molecule has 1 aromatic rings. The Morgan fingerprint density at radius 3 is 2.58 bits per heavy atom. The van der Waals surface area contributed by atoms with Gasteiger partial charge in [0.25, 0.3) is 0 Å². The molecule has 2 aliphatic rings. The summed E-state index contributed by atoms with van der Waals surface area (Å²) in [4.78, 5) is 26.4. The predicted molar refractivity (Wildman–Crippen MR) is 88.5 cm³/mol. The number of halogens is 1. The van der Waals surface area contributed by atoms with Crippen molar-refractivity contribution in [3.63, 3.8) is 0 Å². The average Bonchev–Trinajstić information content (AvgIpc) is 2.56. The van der Waals surface area contributed by atoms with E-state index in [1.165, 1.54) is 12.1 Å². The van der Waals surface area contributed by atoms with Gasteiger partial charge in [-0.3, -0.25) is 9.59 Å². The van der Waals surface area contributed by atoms with Gasteiger partial charge >= 0.3 is 0 Å². The smallest absolute Gasteiger partial charge is 0.245 e. The normalized spacial score (nSPS) is 27.9. The van der Waals surface area contributed by atoms with E-state index >= 15 is 0 Å². The highest BCUT2D eigenvalue weighted by atomic mass is 19.1. The Kier molecular flexibility index (Phi) is 5.14. The van der Waals surface area contributed by atoms with E-state index < -0.39 is 6.04 Å². The molecule has 2 fully saturated rings. The van der Waals surface area contributed by atoms with Crippen LogP contribution in [0.1, 0.15) is 31.2 Å². The third kappa shape index (κ3) is 3.93. The highest BCUT2D eigenvalue weighted by Crippen LogP contribution is 2.24. The second-order valence-corrected chi connectivity index (χ2v) is 6.88. The summed E-state index contributed by atoms with van der Waals surface area (Å²) < 4.78 is 13.0. The minimum atomic E-state index is -0.587. The first-order valence-electron chi connectivity index (χ1n) is 8.61. The molecule has 3 atom stereocenters. The second kappa shape index (κ2) is 7.30. The molecule has 0 spiro atoms. The third-order valence-corrected chi connectivity index (χ3v) is 5.06. The number of carbonyl (C=O) groups excluding carboxylic acids is 2. The topological polar surface area (TPSA) is 75.4 Å². The molecule has 0 bridgehead atoms. The molecule has 1 aliphatic carbocycles. The highest BCUT2D eigenvalue weighted by molar-refractivity contribution is 5.95. The van der Waals surface area contributed by atoms with Gasteiger partial charge in [-0.25, -0.2) is 4.39 Å². The van der Waals surface area contributed by atoms with Gasteiger partial charge in [0.15, 0.2) is 0 Å². The maximum Gasteiger partial charge on any atom is 0.245 e. The first kappa shape index (κ1) is 16.9. The summed E-state index contributed by atoms with van der Waals surface area (Å²) in [6, 6.07) is 5.53. The first-order chi connectivity index (χ1) is 11.5. The number of nitrogens with zero attached hydrogens (tertiary/aromatic N) is 1. The molecule has 0 radical (unpaired) electrons. The van der Waals surface area contributed by atoms with Crippen molar-refractivity contribution in [2.75, 3.05) is 13.1 Å². The maximum atomic E-state index is 13.0. The molecule has 3 N–H and O–H groups in total. The van der Waals surface area contributed by atoms with Crippen LogP contribution in [0.25, 0.3) is 0 Å². The first-order valence-corrected chi connectivity index (χ1v) is 8.61. The van der Waals surface area contributed by atoms with Gasteiger partial charge in [-0.15, -0.1) is 0 Å². The molecule has 130 valence electrons. The molecular formula is C18H24FN3O2. The summed E-state index contributed by atoms with van der Waals surface area (Å²) in [5.41, 5.74) is 7.00. The van der Waals surface area contributed by atoms with Crippen molar-refractivity contribution in [3.8, 4) is 0 Å². The SMILES string of the molecule is NC1CCCCC1CN1CC(=O)NC(Cc2ccc(F)cc2)C1=O. The standard InChI is InChI=1S/C18H24FN3O2/c19-14-7-5-12(6-8-14)9-16-18(24)22(11-17(23)21-16)10-13-3-1-2-4-15(13)20/h5-8,13,15-16H,1-4,9-11,20H2,(H,21,23). The summed E-state index contributed by atoms with van der Waals surface area (Å²) in [7, 11) is 0. The Balaban J connectivity index is 1.66. The summed E-state index contributed by atoms with van der Waals surface area (Å²) in [6.45, 7) is 0.648. The van der Waals surface area contributed by atoms with Gasteiger partial charge in [-0.2, -0.15) is 0 Å². The number of amides is 2. The number of nitrogens with two attached hydrogens (primary N) is 1. The molecule has 1 heterocycles. The van der Waals surface area contributed by atoms with Gasteiger partial charge in [0.1, 0.15) is 11.9 Å². The molecule has 3 unspecified atom stereocenters. The van der Waals surface area contributed by atoms with Crippen LogP contribution in [0.3, 0.4) is 0 Å². The number of rotatable bonds is 4. The fraction of sp³-hybridized carbons (Fsp3) is 0.556. The van der Waals surface area contributed by atoms with E-state index in [2.05, 4.69) is 5.32 Å². The molecule has 5 nitrogen and oxygen atoms in total. The summed E-state index contributed by atoms with van der Waals surface area (Å²) in [6.07, 6.45) is 4.63. The van der Waals surface area contributed by atoms with Gasteiger partial charge in [0, 0.05) is 19.0 Å². The number of carbonyl (C=O) groups is 2. The molecular weight excluding hydrogens is 309 g/mol. The summed E-state index contributed by atoms with van der Waals surface area (Å²) >= 11 is 0. The molecule has 6 heteroatoms. The molecule has 24 heavy (non-hydrogen) atoms. The Morgan fingerprint density at radius 2 is 1.88 bits per heavy atom. The molecule has 1 saturated carbocycles. The van der Waals surface area contributed by atoms with Crippen molar-refractivity contribution in [3.05, 3.63) is 35.6 Å². The lowest BCUT2D eigenvalue weighted by Crippen LogP contribution is -2.60. The van der Waals surface area contributed by atoms with Crippen LogP contribution in [0.2, 0.25) is 0 Å². The number of hydrogen-bond donors (Lipinski definition) is 2. The van der Waals surface area contributed by atoms with E-state index in [0.717, 1.165) is 31.2 Å². The molecule has 1 aromatic carbocycles. The highest BCUT2D eigenvalue weighted by Gasteiger charge is 2.35. The Labute approximate surface area is 141 Å². The lowest BCUT2D eigenvalue weighted by Gasteiger charge is -2.37. The monoisotopic (exact) mass is 333 g/mol. The van der Waals surface area contributed by atoms with Crippen LogP contribution in [-0.2, 0) is 16.0 Å². The number of piperazine rings is 1. The largest absolute Gasteiger partial charge is 0.342 e. The Morgan fingerprint density at radius 1 is 1.17 bits per heavy atom. The Bertz CT molecular complexity index is 605. The minimum absolute atomic E-state index is 0.0725. The van der Waals surface area contributed by atoms with Crippen LogP contribution in [0.4, 0.5) is 4.39 Å². The van der Waals surface area contributed by atoms with E-state index in [4.69, 9.17) is 5.73 Å². The van der Waals surface area contributed by atoms with Crippen molar-refractivity contribution in [2.24, 2.45) is 11.7 Å². The zero-order valence-corrected chi connectivity index (χ0v) is 13.7. The van der Waals surface area contributed by atoms with E-state index in [0.29, 0.717) is 13.0 Å². The van der Waals surface area contributed by atoms with E-state index in [-0.39, 0.29) is 36.1 Å². The average molecular weight is 333 g/mol. The van der Waals surface area contributed by atoms with Gasteiger partial charge in [0.2, 0.25) is 11.8 Å². The third-order valence-electron chi connectivity index (χ3n) is 5.06. The van der Waals surface area contributed by atoms with Crippen LogP contribution in [0, 0.1) is 11.7 Å². The summed E-state index contributed by atoms with van der Waals surface area (Å²) in [5.74, 6) is -0.270. The number of nitrogens with one attached hydrogen (secondary N) is 1. The van der Waals surface area contributed by atoms with Crippen molar-refractivity contribution < 1.29 is 14.0 Å². The van der Waals surface area contributed by atoms with Crippen LogP contribution in [0.15, 0.2) is 24.3 Å². The van der Waals surface area contributed by atoms with E-state index in [1.807, 2.05) is 0 Å². The van der Waals surface area contributed by atoms with Crippen LogP contribution in [0.5, 0.6) is 0 Å². The molecule has 0 aromatic heterocycles. The number of hydrogen-bond acceptors (Lipinski definition) is 3. The molecule has 1 saturated heterocycles. The van der Waals surface area contributed by atoms with E-state index in [1.54, 1.807) is 17.0 Å². The Hall–Kier alpha value is -1.95. The van der Waals surface area contributed by atoms with Crippen molar-refractivity contribution >= 4 is 11.8 Å².